The van der Waals surface area contributed by atoms with Gasteiger partial charge in [0.05, 0.1) is 11.1 Å². The van der Waals surface area contributed by atoms with Gasteiger partial charge in [0.15, 0.2) is 0 Å². The van der Waals surface area contributed by atoms with Crippen LogP contribution in [0.4, 0.5) is 5.82 Å². The number of hydrogen-bond donors (Lipinski definition) is 1. The Hall–Kier alpha value is -2.34. The van der Waals surface area contributed by atoms with Crippen LogP contribution in [0.1, 0.15) is 0 Å². The molecule has 3 aromatic rings. The maximum atomic E-state index is 12.2. The van der Waals surface area contributed by atoms with Crippen LogP contribution in [0.5, 0.6) is 0 Å². The van der Waals surface area contributed by atoms with Gasteiger partial charge in [0.1, 0.15) is 11.5 Å². The van der Waals surface area contributed by atoms with Crippen molar-refractivity contribution < 1.29 is 8.42 Å². The third-order valence-corrected chi connectivity index (χ3v) is 4.08. The highest BCUT2D eigenvalue weighted by Crippen LogP contribution is 2.16. The zero-order valence-electron chi connectivity index (χ0n) is 9.89. The lowest BCUT2D eigenvalue weighted by atomic mass is 10.4. The fourth-order valence-corrected chi connectivity index (χ4v) is 2.86. The van der Waals surface area contributed by atoms with Gasteiger partial charge in [-0.25, -0.2) is 13.4 Å². The zero-order chi connectivity index (χ0) is 13.3. The van der Waals surface area contributed by atoms with Gasteiger partial charge in [-0.3, -0.25) is 9.12 Å². The molecule has 2 aromatic heterocycles. The minimum Gasteiger partial charge on any atom is -0.286 e. The molecule has 0 radical (unpaired) electrons. The summed E-state index contributed by atoms with van der Waals surface area (Å²) in [5, 5.41) is 0. The monoisotopic (exact) mass is 273 g/mol. The quantitative estimate of drug-likeness (QED) is 0.795. The predicted octanol–water partition coefficient (Wildman–Crippen LogP) is 2.14. The van der Waals surface area contributed by atoms with E-state index in [1.165, 1.54) is 6.20 Å². The number of hydrogen-bond acceptors (Lipinski definition) is 3. The lowest BCUT2D eigenvalue weighted by molar-refractivity contribution is 0.601. The van der Waals surface area contributed by atoms with E-state index in [1.54, 1.807) is 47.0 Å². The van der Waals surface area contributed by atoms with E-state index in [2.05, 4.69) is 9.71 Å². The fourth-order valence-electron chi connectivity index (χ4n) is 1.80. The topological polar surface area (TPSA) is 63.5 Å². The van der Waals surface area contributed by atoms with Crippen LogP contribution < -0.4 is 4.72 Å². The SMILES string of the molecule is O=S(=O)(Nc1cnc2ccccn12)c1ccccc1. The van der Waals surface area contributed by atoms with E-state index < -0.39 is 10.0 Å². The molecular formula is C13H11N3O2S. The number of rotatable bonds is 3. The van der Waals surface area contributed by atoms with Crippen molar-refractivity contribution in [1.29, 1.82) is 0 Å². The Balaban J connectivity index is 2.02. The van der Waals surface area contributed by atoms with E-state index in [1.807, 2.05) is 12.1 Å². The van der Waals surface area contributed by atoms with Crippen LogP contribution in [0.25, 0.3) is 5.65 Å². The lowest BCUT2D eigenvalue weighted by Crippen LogP contribution is -2.14. The molecule has 0 aliphatic rings. The van der Waals surface area contributed by atoms with Crippen LogP contribution in [0, 0.1) is 0 Å². The number of imidazole rings is 1. The molecule has 0 fully saturated rings. The first kappa shape index (κ1) is 11.7. The van der Waals surface area contributed by atoms with Crippen molar-refractivity contribution in [1.82, 2.24) is 9.38 Å². The Bertz CT molecular complexity index is 810. The molecule has 1 N–H and O–H groups in total. The summed E-state index contributed by atoms with van der Waals surface area (Å²) in [5.74, 6) is 0.416. The number of nitrogens with one attached hydrogen (secondary N) is 1. The summed E-state index contributed by atoms with van der Waals surface area (Å²) in [6, 6.07) is 13.7. The average molecular weight is 273 g/mol. The van der Waals surface area contributed by atoms with Gasteiger partial charge in [-0.05, 0) is 24.3 Å². The van der Waals surface area contributed by atoms with Gasteiger partial charge in [0, 0.05) is 6.20 Å². The Morgan fingerprint density at radius 3 is 2.53 bits per heavy atom. The van der Waals surface area contributed by atoms with Crippen molar-refractivity contribution in [3.05, 3.63) is 60.9 Å². The van der Waals surface area contributed by atoms with Gasteiger partial charge >= 0.3 is 0 Å². The lowest BCUT2D eigenvalue weighted by Gasteiger charge is -2.07. The third kappa shape index (κ3) is 2.17. The van der Waals surface area contributed by atoms with E-state index in [4.69, 9.17) is 0 Å². The number of sulfonamides is 1. The molecule has 0 spiro atoms. The summed E-state index contributed by atoms with van der Waals surface area (Å²) < 4.78 is 28.6. The van der Waals surface area contributed by atoms with Crippen LogP contribution in [0.15, 0.2) is 65.8 Å². The maximum absolute atomic E-state index is 12.2. The van der Waals surface area contributed by atoms with Crippen LogP contribution in [0.2, 0.25) is 0 Å². The van der Waals surface area contributed by atoms with Gasteiger partial charge in [-0.1, -0.05) is 24.3 Å². The van der Waals surface area contributed by atoms with Crippen molar-refractivity contribution in [3.63, 3.8) is 0 Å². The average Bonchev–Trinajstić information content (AvgIpc) is 2.83. The molecule has 96 valence electrons. The largest absolute Gasteiger partial charge is 0.286 e. The Morgan fingerprint density at radius 1 is 1.00 bits per heavy atom. The normalized spacial score (nSPS) is 11.6. The van der Waals surface area contributed by atoms with Crippen LogP contribution in [-0.4, -0.2) is 17.8 Å². The standard InChI is InChI=1S/C13H11N3O2S/c17-19(18,11-6-2-1-3-7-11)15-13-10-14-12-8-4-5-9-16(12)13/h1-10,15H. The Morgan fingerprint density at radius 2 is 1.74 bits per heavy atom. The molecule has 0 aliphatic carbocycles. The molecule has 0 atom stereocenters. The molecule has 6 heteroatoms. The summed E-state index contributed by atoms with van der Waals surface area (Å²) in [6.07, 6.45) is 3.25. The van der Waals surface area contributed by atoms with Crippen LogP contribution in [0.3, 0.4) is 0 Å². The number of fused-ring (bicyclic) bond motifs is 1. The second-order valence-electron chi connectivity index (χ2n) is 3.99. The molecule has 2 heterocycles. The summed E-state index contributed by atoms with van der Waals surface area (Å²) in [7, 11) is -3.59. The highest BCUT2D eigenvalue weighted by atomic mass is 32.2. The highest BCUT2D eigenvalue weighted by Gasteiger charge is 2.15. The van der Waals surface area contributed by atoms with Crippen LogP contribution in [-0.2, 0) is 10.0 Å². The first-order chi connectivity index (χ1) is 9.17. The molecule has 3 rings (SSSR count). The van der Waals surface area contributed by atoms with E-state index in [0.717, 1.165) is 0 Å². The number of anilines is 1. The summed E-state index contributed by atoms with van der Waals surface area (Å²) in [5.41, 5.74) is 0.688. The van der Waals surface area contributed by atoms with E-state index in [-0.39, 0.29) is 4.90 Å². The van der Waals surface area contributed by atoms with Gasteiger partial charge in [0.25, 0.3) is 10.0 Å². The second-order valence-corrected chi connectivity index (χ2v) is 5.67. The van der Waals surface area contributed by atoms with Crippen molar-refractivity contribution in [3.8, 4) is 0 Å². The Kier molecular flexibility index (Phi) is 2.72. The number of nitrogens with zero attached hydrogens (tertiary/aromatic N) is 2. The first-order valence-corrected chi connectivity index (χ1v) is 7.15. The third-order valence-electron chi connectivity index (χ3n) is 2.71. The smallest absolute Gasteiger partial charge is 0.263 e. The minimum absolute atomic E-state index is 0.223. The summed E-state index contributed by atoms with van der Waals surface area (Å²) >= 11 is 0. The predicted molar refractivity (Wildman–Crippen MR) is 72.4 cm³/mol. The first-order valence-electron chi connectivity index (χ1n) is 5.67. The van der Waals surface area contributed by atoms with Gasteiger partial charge in [0.2, 0.25) is 0 Å². The van der Waals surface area contributed by atoms with Gasteiger partial charge in [-0.2, -0.15) is 0 Å². The fraction of sp³-hybridized carbons (Fsp3) is 0. The zero-order valence-corrected chi connectivity index (χ0v) is 10.7. The highest BCUT2D eigenvalue weighted by molar-refractivity contribution is 7.92. The summed E-state index contributed by atoms with van der Waals surface area (Å²) in [4.78, 5) is 4.36. The van der Waals surface area contributed by atoms with E-state index in [9.17, 15) is 8.42 Å². The molecule has 0 aliphatic heterocycles. The molecule has 0 saturated heterocycles. The second kappa shape index (κ2) is 4.40. The van der Waals surface area contributed by atoms with Crippen molar-refractivity contribution in [2.75, 3.05) is 4.72 Å². The molecule has 19 heavy (non-hydrogen) atoms. The van der Waals surface area contributed by atoms with Crippen molar-refractivity contribution >= 4 is 21.5 Å². The van der Waals surface area contributed by atoms with E-state index in [0.29, 0.717) is 11.5 Å². The number of benzene rings is 1. The molecular weight excluding hydrogens is 262 g/mol. The molecule has 5 nitrogen and oxygen atoms in total. The molecule has 0 amide bonds. The molecule has 0 bridgehead atoms. The number of aromatic nitrogens is 2. The molecule has 1 aromatic carbocycles. The van der Waals surface area contributed by atoms with Crippen molar-refractivity contribution in [2.24, 2.45) is 0 Å². The summed E-state index contributed by atoms with van der Waals surface area (Å²) in [6.45, 7) is 0. The maximum Gasteiger partial charge on any atom is 0.263 e. The minimum atomic E-state index is -3.59. The molecule has 0 unspecified atom stereocenters. The molecule has 0 saturated carbocycles. The number of pyridine rings is 1. The van der Waals surface area contributed by atoms with E-state index >= 15 is 0 Å². The van der Waals surface area contributed by atoms with Gasteiger partial charge in [-0.15, -0.1) is 0 Å². The van der Waals surface area contributed by atoms with Gasteiger partial charge < -0.3 is 0 Å². The van der Waals surface area contributed by atoms with Crippen LogP contribution >= 0.6 is 0 Å². The Labute approximate surface area is 110 Å². The van der Waals surface area contributed by atoms with Crippen molar-refractivity contribution in [2.45, 2.75) is 4.90 Å².